The van der Waals surface area contributed by atoms with Crippen molar-refractivity contribution in [3.8, 4) is 0 Å². The van der Waals surface area contributed by atoms with E-state index in [9.17, 15) is 9.59 Å². The number of hydrogen-bond acceptors (Lipinski definition) is 2. The third kappa shape index (κ3) is 1.74. The lowest BCUT2D eigenvalue weighted by atomic mass is 9.73. The average Bonchev–Trinajstić information content (AvgIpc) is 2.55. The Labute approximate surface area is 97.1 Å². The summed E-state index contributed by atoms with van der Waals surface area (Å²) in [5, 5.41) is 0. The SMILES string of the molecule is CC(C)C(=O)C1CCC2(C)CCC(=O)C=C12. The van der Waals surface area contributed by atoms with Crippen molar-refractivity contribution in [1.82, 2.24) is 0 Å². The maximum atomic E-state index is 12.1. The van der Waals surface area contributed by atoms with Crippen molar-refractivity contribution in [3.63, 3.8) is 0 Å². The number of Topliss-reactive ketones (excluding diaryl/α,β-unsaturated/α-hetero) is 1. The van der Waals surface area contributed by atoms with Crippen molar-refractivity contribution >= 4 is 11.6 Å². The Kier molecular flexibility index (Phi) is 2.77. The second-order valence-electron chi connectivity index (χ2n) is 5.77. The van der Waals surface area contributed by atoms with Gasteiger partial charge in [0.25, 0.3) is 0 Å². The van der Waals surface area contributed by atoms with Gasteiger partial charge in [0.2, 0.25) is 0 Å². The minimum absolute atomic E-state index is 0.0225. The van der Waals surface area contributed by atoms with E-state index in [2.05, 4.69) is 6.92 Å². The highest BCUT2D eigenvalue weighted by Crippen LogP contribution is 2.52. The van der Waals surface area contributed by atoms with Crippen LogP contribution in [0.3, 0.4) is 0 Å². The number of fused-ring (bicyclic) bond motifs is 1. The van der Waals surface area contributed by atoms with Crippen LogP contribution in [0.2, 0.25) is 0 Å². The van der Waals surface area contributed by atoms with Crippen molar-refractivity contribution < 1.29 is 9.59 Å². The lowest BCUT2D eigenvalue weighted by Crippen LogP contribution is -2.27. The van der Waals surface area contributed by atoms with Gasteiger partial charge in [0.05, 0.1) is 0 Å². The first-order chi connectivity index (χ1) is 7.44. The summed E-state index contributed by atoms with van der Waals surface area (Å²) >= 11 is 0. The number of hydrogen-bond donors (Lipinski definition) is 0. The number of carbonyl (C=O) groups is 2. The van der Waals surface area contributed by atoms with Gasteiger partial charge >= 0.3 is 0 Å². The van der Waals surface area contributed by atoms with Crippen LogP contribution in [0, 0.1) is 17.3 Å². The molecule has 1 saturated carbocycles. The van der Waals surface area contributed by atoms with E-state index in [0.717, 1.165) is 24.8 Å². The molecule has 0 spiro atoms. The van der Waals surface area contributed by atoms with Gasteiger partial charge in [0.15, 0.2) is 5.78 Å². The largest absolute Gasteiger partial charge is 0.299 e. The lowest BCUT2D eigenvalue weighted by molar-refractivity contribution is -0.124. The standard InChI is InChI=1S/C14H20O2/c1-9(2)13(16)11-5-7-14(3)6-4-10(15)8-12(11)14/h8-9,11H,4-7H2,1-3H3. The Bertz CT molecular complexity index is 365. The van der Waals surface area contributed by atoms with Crippen molar-refractivity contribution in [2.75, 3.05) is 0 Å². The molecule has 0 amide bonds. The molecule has 1 fully saturated rings. The molecule has 0 bridgehead atoms. The summed E-state index contributed by atoms with van der Waals surface area (Å²) in [5.41, 5.74) is 1.26. The number of allylic oxidation sites excluding steroid dienone is 2. The first kappa shape index (κ1) is 11.6. The monoisotopic (exact) mass is 220 g/mol. The predicted octanol–water partition coefficient (Wildman–Crippen LogP) is 2.92. The van der Waals surface area contributed by atoms with E-state index in [4.69, 9.17) is 0 Å². The summed E-state index contributed by atoms with van der Waals surface area (Å²) in [7, 11) is 0. The highest BCUT2D eigenvalue weighted by molar-refractivity contribution is 5.95. The maximum absolute atomic E-state index is 12.1. The molecule has 0 aromatic heterocycles. The highest BCUT2D eigenvalue weighted by atomic mass is 16.1. The second kappa shape index (κ2) is 3.83. The molecule has 16 heavy (non-hydrogen) atoms. The minimum atomic E-state index is 0.0225. The topological polar surface area (TPSA) is 34.1 Å². The molecule has 0 saturated heterocycles. The fraction of sp³-hybridized carbons (Fsp3) is 0.714. The smallest absolute Gasteiger partial charge is 0.155 e. The van der Waals surface area contributed by atoms with Gasteiger partial charge < -0.3 is 0 Å². The molecule has 0 aliphatic heterocycles. The summed E-state index contributed by atoms with van der Waals surface area (Å²) in [4.78, 5) is 23.6. The zero-order valence-electron chi connectivity index (χ0n) is 10.4. The molecule has 0 aromatic carbocycles. The molecule has 0 radical (unpaired) electrons. The third-order valence-corrected chi connectivity index (χ3v) is 4.21. The van der Waals surface area contributed by atoms with Crippen LogP contribution in [-0.4, -0.2) is 11.6 Å². The Balaban J connectivity index is 2.32. The summed E-state index contributed by atoms with van der Waals surface area (Å²) in [6, 6.07) is 0. The van der Waals surface area contributed by atoms with Crippen LogP contribution in [-0.2, 0) is 9.59 Å². The van der Waals surface area contributed by atoms with Crippen LogP contribution in [0.5, 0.6) is 0 Å². The first-order valence-electron chi connectivity index (χ1n) is 6.23. The molecule has 2 nitrogen and oxygen atoms in total. The third-order valence-electron chi connectivity index (χ3n) is 4.21. The zero-order chi connectivity index (χ0) is 11.9. The number of ketones is 2. The summed E-state index contributed by atoms with van der Waals surface area (Å²) in [6.07, 6.45) is 5.35. The molecule has 2 unspecified atom stereocenters. The van der Waals surface area contributed by atoms with Crippen LogP contribution in [0.1, 0.15) is 46.5 Å². The van der Waals surface area contributed by atoms with Gasteiger partial charge in [-0.25, -0.2) is 0 Å². The molecule has 2 atom stereocenters. The van der Waals surface area contributed by atoms with Gasteiger partial charge in [-0.3, -0.25) is 9.59 Å². The number of carbonyl (C=O) groups excluding carboxylic acids is 2. The Hall–Kier alpha value is -0.920. The van der Waals surface area contributed by atoms with Crippen molar-refractivity contribution in [1.29, 1.82) is 0 Å². The van der Waals surface area contributed by atoms with Gasteiger partial charge in [0.1, 0.15) is 5.78 Å². The Morgan fingerprint density at radius 2 is 2.12 bits per heavy atom. The lowest BCUT2D eigenvalue weighted by Gasteiger charge is -2.30. The van der Waals surface area contributed by atoms with Crippen LogP contribution >= 0.6 is 0 Å². The van der Waals surface area contributed by atoms with E-state index in [-0.39, 0.29) is 23.0 Å². The fourth-order valence-electron chi connectivity index (χ4n) is 3.07. The zero-order valence-corrected chi connectivity index (χ0v) is 10.4. The van der Waals surface area contributed by atoms with Crippen molar-refractivity contribution in [2.45, 2.75) is 46.5 Å². The molecular formula is C14H20O2. The van der Waals surface area contributed by atoms with E-state index in [0.29, 0.717) is 12.2 Å². The van der Waals surface area contributed by atoms with Crippen LogP contribution < -0.4 is 0 Å². The molecule has 2 aliphatic rings. The van der Waals surface area contributed by atoms with Gasteiger partial charge in [-0.1, -0.05) is 26.3 Å². The summed E-state index contributed by atoms with van der Waals surface area (Å²) < 4.78 is 0. The summed E-state index contributed by atoms with van der Waals surface area (Å²) in [6.45, 7) is 6.10. The molecule has 0 N–H and O–H groups in total. The molecule has 0 aromatic rings. The second-order valence-corrected chi connectivity index (χ2v) is 5.77. The quantitative estimate of drug-likeness (QED) is 0.717. The van der Waals surface area contributed by atoms with Gasteiger partial charge in [-0.15, -0.1) is 0 Å². The normalized spacial score (nSPS) is 33.9. The van der Waals surface area contributed by atoms with Crippen molar-refractivity contribution in [2.24, 2.45) is 17.3 Å². The van der Waals surface area contributed by atoms with Crippen LogP contribution in [0.15, 0.2) is 11.6 Å². The predicted molar refractivity (Wildman–Crippen MR) is 63.0 cm³/mol. The number of rotatable bonds is 2. The molecular weight excluding hydrogens is 200 g/mol. The minimum Gasteiger partial charge on any atom is -0.299 e. The van der Waals surface area contributed by atoms with Crippen molar-refractivity contribution in [3.05, 3.63) is 11.6 Å². The molecule has 2 aliphatic carbocycles. The molecule has 0 heterocycles. The van der Waals surface area contributed by atoms with Gasteiger partial charge in [-0.2, -0.15) is 0 Å². The Morgan fingerprint density at radius 3 is 2.75 bits per heavy atom. The highest BCUT2D eigenvalue weighted by Gasteiger charge is 2.45. The van der Waals surface area contributed by atoms with E-state index in [1.807, 2.05) is 13.8 Å². The molecule has 2 heteroatoms. The summed E-state index contributed by atoms with van der Waals surface area (Å²) in [5.74, 6) is 0.611. The first-order valence-corrected chi connectivity index (χ1v) is 6.23. The van der Waals surface area contributed by atoms with E-state index in [1.165, 1.54) is 0 Å². The average molecular weight is 220 g/mol. The van der Waals surface area contributed by atoms with Gasteiger partial charge in [0, 0.05) is 18.3 Å². The molecule has 2 rings (SSSR count). The Morgan fingerprint density at radius 1 is 1.44 bits per heavy atom. The maximum Gasteiger partial charge on any atom is 0.155 e. The van der Waals surface area contributed by atoms with Gasteiger partial charge in [-0.05, 0) is 30.8 Å². The molecule has 88 valence electrons. The van der Waals surface area contributed by atoms with Crippen LogP contribution in [0.25, 0.3) is 0 Å². The fourth-order valence-corrected chi connectivity index (χ4v) is 3.07. The van der Waals surface area contributed by atoms with Crippen LogP contribution in [0.4, 0.5) is 0 Å². The van der Waals surface area contributed by atoms with E-state index < -0.39 is 0 Å². The van der Waals surface area contributed by atoms with E-state index in [1.54, 1.807) is 6.08 Å². The van der Waals surface area contributed by atoms with E-state index >= 15 is 0 Å².